The number of amides is 1. The minimum Gasteiger partial charge on any atom is -0.378 e. The van der Waals surface area contributed by atoms with Gasteiger partial charge in [0.1, 0.15) is 15.4 Å². The SMILES string of the molecule is CC(C)(O)C#Cc1ccc(C(=O)NS(=O)(=O)c2ccccc2S(N)(=O)=O)cc1. The van der Waals surface area contributed by atoms with E-state index in [1.54, 1.807) is 0 Å². The molecule has 2 aromatic carbocycles. The number of nitrogens with two attached hydrogens (primary N) is 1. The Bertz CT molecular complexity index is 1170. The summed E-state index contributed by atoms with van der Waals surface area (Å²) in [6.45, 7) is 3.04. The van der Waals surface area contributed by atoms with Crippen LogP contribution in [0.3, 0.4) is 0 Å². The van der Waals surface area contributed by atoms with Gasteiger partial charge in [-0.3, -0.25) is 4.79 Å². The highest BCUT2D eigenvalue weighted by atomic mass is 32.2. The van der Waals surface area contributed by atoms with Crippen LogP contribution in [0.5, 0.6) is 0 Å². The Morgan fingerprint density at radius 3 is 2.04 bits per heavy atom. The molecule has 8 nitrogen and oxygen atoms in total. The third-order valence-electron chi connectivity index (χ3n) is 3.33. The van der Waals surface area contributed by atoms with Gasteiger partial charge in [-0.1, -0.05) is 24.0 Å². The Balaban J connectivity index is 2.29. The van der Waals surface area contributed by atoms with Gasteiger partial charge in [-0.2, -0.15) is 0 Å². The van der Waals surface area contributed by atoms with E-state index >= 15 is 0 Å². The van der Waals surface area contributed by atoms with Gasteiger partial charge in [-0.25, -0.2) is 26.7 Å². The number of carbonyl (C=O) groups excluding carboxylic acids is 1. The molecule has 148 valence electrons. The monoisotopic (exact) mass is 422 g/mol. The molecular weight excluding hydrogens is 404 g/mol. The number of nitrogens with one attached hydrogen (secondary N) is 1. The van der Waals surface area contributed by atoms with E-state index in [1.807, 2.05) is 4.72 Å². The Morgan fingerprint density at radius 2 is 1.54 bits per heavy atom. The summed E-state index contributed by atoms with van der Waals surface area (Å²) < 4.78 is 49.9. The molecule has 10 heteroatoms. The van der Waals surface area contributed by atoms with Crippen molar-refractivity contribution in [3.63, 3.8) is 0 Å². The number of hydrogen-bond donors (Lipinski definition) is 3. The first-order valence-corrected chi connectivity index (χ1v) is 10.9. The third kappa shape index (κ3) is 5.64. The van der Waals surface area contributed by atoms with Crippen LogP contribution < -0.4 is 9.86 Å². The molecule has 0 aliphatic carbocycles. The van der Waals surface area contributed by atoms with E-state index in [0.717, 1.165) is 12.1 Å². The van der Waals surface area contributed by atoms with Gasteiger partial charge >= 0.3 is 0 Å². The van der Waals surface area contributed by atoms with Crippen molar-refractivity contribution in [2.75, 3.05) is 0 Å². The molecule has 0 aromatic heterocycles. The van der Waals surface area contributed by atoms with Crippen LogP contribution in [0.1, 0.15) is 29.8 Å². The fraction of sp³-hybridized carbons (Fsp3) is 0.167. The fourth-order valence-corrected chi connectivity index (χ4v) is 4.43. The molecule has 0 saturated carbocycles. The van der Waals surface area contributed by atoms with Crippen molar-refractivity contribution in [2.45, 2.75) is 29.2 Å². The number of carbonyl (C=O) groups is 1. The normalized spacial score (nSPS) is 12.0. The standard InChI is InChI=1S/C18H18N2O6S2/c1-18(2,22)12-11-13-7-9-14(10-8-13)17(21)20-28(25,26)16-6-4-3-5-15(16)27(19,23)24/h3-10,22H,1-2H3,(H,20,21)(H2,19,23,24). The van der Waals surface area contributed by atoms with E-state index in [9.17, 15) is 26.7 Å². The summed E-state index contributed by atoms with van der Waals surface area (Å²) in [5.41, 5.74) is -0.646. The summed E-state index contributed by atoms with van der Waals surface area (Å²) in [4.78, 5) is 11.0. The number of aliphatic hydroxyl groups is 1. The molecule has 1 amide bonds. The molecule has 4 N–H and O–H groups in total. The van der Waals surface area contributed by atoms with Crippen molar-refractivity contribution in [1.29, 1.82) is 0 Å². The number of primary sulfonamides is 1. The van der Waals surface area contributed by atoms with Gasteiger partial charge in [0.25, 0.3) is 15.9 Å². The first-order chi connectivity index (χ1) is 12.8. The Hall–Kier alpha value is -2.71. The average Bonchev–Trinajstić information content (AvgIpc) is 2.58. The molecule has 2 rings (SSSR count). The third-order valence-corrected chi connectivity index (χ3v) is 5.82. The summed E-state index contributed by atoms with van der Waals surface area (Å²) in [7, 11) is -8.79. The summed E-state index contributed by atoms with van der Waals surface area (Å²) in [6.07, 6.45) is 0. The summed E-state index contributed by atoms with van der Waals surface area (Å²) in [6, 6.07) is 10.4. The molecule has 0 unspecified atom stereocenters. The van der Waals surface area contributed by atoms with E-state index < -0.39 is 41.3 Å². The maximum absolute atomic E-state index is 12.5. The summed E-state index contributed by atoms with van der Waals surface area (Å²) >= 11 is 0. The molecule has 0 saturated heterocycles. The average molecular weight is 422 g/mol. The Morgan fingerprint density at radius 1 is 1.00 bits per heavy atom. The van der Waals surface area contributed by atoms with Crippen LogP contribution in [0.2, 0.25) is 0 Å². The molecule has 0 bridgehead atoms. The lowest BCUT2D eigenvalue weighted by molar-refractivity contribution is 0.0981. The van der Waals surface area contributed by atoms with Crippen LogP contribution in [-0.2, 0) is 20.0 Å². The zero-order valence-corrected chi connectivity index (χ0v) is 16.6. The largest absolute Gasteiger partial charge is 0.378 e. The van der Waals surface area contributed by atoms with Crippen molar-refractivity contribution in [3.05, 3.63) is 59.7 Å². The summed E-state index contributed by atoms with van der Waals surface area (Å²) in [5, 5.41) is 14.6. The molecule has 0 spiro atoms. The zero-order chi connectivity index (χ0) is 21.2. The zero-order valence-electron chi connectivity index (χ0n) is 15.0. The Kier molecular flexibility index (Phi) is 5.96. The lowest BCUT2D eigenvalue weighted by Crippen LogP contribution is -2.32. The lowest BCUT2D eigenvalue weighted by atomic mass is 10.1. The quantitative estimate of drug-likeness (QED) is 0.615. The molecule has 0 heterocycles. The molecule has 2 aromatic rings. The van der Waals surface area contributed by atoms with E-state index in [2.05, 4.69) is 11.8 Å². The van der Waals surface area contributed by atoms with Crippen LogP contribution in [-0.4, -0.2) is 33.5 Å². The van der Waals surface area contributed by atoms with E-state index in [1.165, 1.54) is 50.2 Å². The minimum atomic E-state index is -4.48. The van der Waals surface area contributed by atoms with Gasteiger partial charge in [-0.05, 0) is 50.2 Å². The second-order valence-electron chi connectivity index (χ2n) is 6.31. The maximum atomic E-state index is 12.5. The molecule has 0 aliphatic heterocycles. The van der Waals surface area contributed by atoms with Gasteiger partial charge < -0.3 is 5.11 Å². The number of rotatable bonds is 4. The fourth-order valence-electron chi connectivity index (χ4n) is 2.07. The molecule has 0 atom stereocenters. The first kappa shape index (κ1) is 21.6. The smallest absolute Gasteiger partial charge is 0.265 e. The predicted molar refractivity (Wildman–Crippen MR) is 102 cm³/mol. The van der Waals surface area contributed by atoms with Gasteiger partial charge in [-0.15, -0.1) is 0 Å². The van der Waals surface area contributed by atoms with Crippen molar-refractivity contribution < 1.29 is 26.7 Å². The first-order valence-electron chi connectivity index (χ1n) is 7.84. The van der Waals surface area contributed by atoms with Crippen molar-refractivity contribution in [3.8, 4) is 11.8 Å². The number of sulfonamides is 2. The second-order valence-corrected chi connectivity index (χ2v) is 9.49. The number of hydrogen-bond acceptors (Lipinski definition) is 6. The molecule has 0 aliphatic rings. The van der Waals surface area contributed by atoms with Crippen LogP contribution in [0.4, 0.5) is 0 Å². The maximum Gasteiger partial charge on any atom is 0.265 e. The van der Waals surface area contributed by atoms with Crippen molar-refractivity contribution >= 4 is 26.0 Å². The van der Waals surface area contributed by atoms with Crippen molar-refractivity contribution in [2.24, 2.45) is 5.14 Å². The van der Waals surface area contributed by atoms with Crippen LogP contribution in [0, 0.1) is 11.8 Å². The minimum absolute atomic E-state index is 0.0190. The highest BCUT2D eigenvalue weighted by Crippen LogP contribution is 2.19. The van der Waals surface area contributed by atoms with Gasteiger partial charge in [0.15, 0.2) is 0 Å². The molecular formula is C18H18N2O6S2. The van der Waals surface area contributed by atoms with Gasteiger partial charge in [0.05, 0.1) is 0 Å². The van der Waals surface area contributed by atoms with Crippen LogP contribution >= 0.6 is 0 Å². The van der Waals surface area contributed by atoms with E-state index in [0.29, 0.717) is 5.56 Å². The lowest BCUT2D eigenvalue weighted by Gasteiger charge is -2.10. The highest BCUT2D eigenvalue weighted by Gasteiger charge is 2.26. The van der Waals surface area contributed by atoms with Gasteiger partial charge in [0.2, 0.25) is 10.0 Å². The van der Waals surface area contributed by atoms with Crippen LogP contribution in [0.25, 0.3) is 0 Å². The number of benzene rings is 2. The Labute approximate surface area is 163 Å². The predicted octanol–water partition coefficient (Wildman–Crippen LogP) is 0.575. The molecule has 28 heavy (non-hydrogen) atoms. The molecule has 0 fully saturated rings. The summed E-state index contributed by atoms with van der Waals surface area (Å²) in [5.74, 6) is 4.37. The van der Waals surface area contributed by atoms with E-state index in [-0.39, 0.29) is 5.56 Å². The topological polar surface area (TPSA) is 144 Å². The highest BCUT2D eigenvalue weighted by molar-refractivity contribution is 7.92. The second kappa shape index (κ2) is 7.73. The van der Waals surface area contributed by atoms with E-state index in [4.69, 9.17) is 5.14 Å². The van der Waals surface area contributed by atoms with Crippen LogP contribution in [0.15, 0.2) is 58.3 Å². The molecule has 0 radical (unpaired) electrons. The van der Waals surface area contributed by atoms with Gasteiger partial charge in [0, 0.05) is 11.1 Å². The van der Waals surface area contributed by atoms with Crippen molar-refractivity contribution in [1.82, 2.24) is 4.72 Å².